The number of carbonyl (C=O) groups is 1. The molecular weight excluding hydrogens is 455 g/mol. The highest BCUT2D eigenvalue weighted by Gasteiger charge is 2.45. The third-order valence-electron chi connectivity index (χ3n) is 6.71. The van der Waals surface area contributed by atoms with Crippen LogP contribution in [0, 0.1) is 11.3 Å². The van der Waals surface area contributed by atoms with Crippen molar-refractivity contribution in [3.05, 3.63) is 77.0 Å². The third kappa shape index (κ3) is 4.46. The molecule has 0 saturated heterocycles. The number of nitrogens with one attached hydrogen (secondary N) is 1. The second-order valence-electron chi connectivity index (χ2n) is 8.98. The summed E-state index contributed by atoms with van der Waals surface area (Å²) in [6, 6.07) is 17.1. The van der Waals surface area contributed by atoms with E-state index in [1.54, 1.807) is 12.3 Å². The molecule has 0 saturated carbocycles. The SMILES string of the molecule is N#CC1=C(c2ccc3cccnc3c2)C[C@]2(CCc3cc(OCCCC(F)(F)F)ccc32)NC1=O. The number of ether oxygens (including phenoxy) is 1. The molecule has 0 bridgehead atoms. The number of nitrogens with zero attached hydrogens (tertiary/aromatic N) is 2. The average molecular weight is 477 g/mol. The van der Waals surface area contributed by atoms with Gasteiger partial charge in [0, 0.05) is 24.4 Å². The number of fused-ring (bicyclic) bond motifs is 3. The van der Waals surface area contributed by atoms with Gasteiger partial charge in [0.25, 0.3) is 5.91 Å². The van der Waals surface area contributed by atoms with E-state index >= 15 is 0 Å². The van der Waals surface area contributed by atoms with E-state index in [1.165, 1.54) is 0 Å². The largest absolute Gasteiger partial charge is 0.494 e. The molecule has 1 aliphatic carbocycles. The first kappa shape index (κ1) is 22.9. The maximum Gasteiger partial charge on any atom is 0.389 e. The lowest BCUT2D eigenvalue weighted by Gasteiger charge is -2.37. The van der Waals surface area contributed by atoms with E-state index in [1.807, 2.05) is 42.5 Å². The van der Waals surface area contributed by atoms with Gasteiger partial charge < -0.3 is 10.1 Å². The number of benzene rings is 2. The van der Waals surface area contributed by atoms with E-state index in [4.69, 9.17) is 4.74 Å². The van der Waals surface area contributed by atoms with Crippen LogP contribution in [0.4, 0.5) is 13.2 Å². The lowest BCUT2D eigenvalue weighted by Crippen LogP contribution is -2.48. The number of nitriles is 1. The summed E-state index contributed by atoms with van der Waals surface area (Å²) in [4.78, 5) is 17.4. The average Bonchev–Trinajstić information content (AvgIpc) is 3.17. The zero-order valence-electron chi connectivity index (χ0n) is 18.8. The maximum absolute atomic E-state index is 13.0. The van der Waals surface area contributed by atoms with E-state index in [9.17, 15) is 23.2 Å². The summed E-state index contributed by atoms with van der Waals surface area (Å²) < 4.78 is 42.6. The second-order valence-corrected chi connectivity index (χ2v) is 8.98. The summed E-state index contributed by atoms with van der Waals surface area (Å²) in [6.07, 6.45) is -1.68. The van der Waals surface area contributed by atoms with Crippen molar-refractivity contribution in [2.75, 3.05) is 6.61 Å². The highest BCUT2D eigenvalue weighted by molar-refractivity contribution is 6.07. The summed E-state index contributed by atoms with van der Waals surface area (Å²) in [5.74, 6) is 0.106. The van der Waals surface area contributed by atoms with Crippen molar-refractivity contribution in [2.24, 2.45) is 0 Å². The normalized spacial score (nSPS) is 19.5. The van der Waals surface area contributed by atoms with E-state index in [0.29, 0.717) is 30.6 Å². The molecular formula is C27H22F3N3O2. The van der Waals surface area contributed by atoms with Gasteiger partial charge in [-0.25, -0.2) is 0 Å². The minimum absolute atomic E-state index is 0.0193. The Balaban J connectivity index is 1.42. The number of aromatic nitrogens is 1. The summed E-state index contributed by atoms with van der Waals surface area (Å²) in [7, 11) is 0. The molecule has 1 spiro atoms. The first-order chi connectivity index (χ1) is 16.8. The van der Waals surface area contributed by atoms with Gasteiger partial charge in [0.15, 0.2) is 0 Å². The van der Waals surface area contributed by atoms with Crippen LogP contribution >= 0.6 is 0 Å². The predicted octanol–water partition coefficient (Wildman–Crippen LogP) is 5.59. The van der Waals surface area contributed by atoms with Crippen molar-refractivity contribution in [1.29, 1.82) is 5.26 Å². The number of carbonyl (C=O) groups excluding carboxylic acids is 1. The first-order valence-corrected chi connectivity index (χ1v) is 11.4. The molecule has 1 aliphatic heterocycles. The predicted molar refractivity (Wildman–Crippen MR) is 124 cm³/mol. The van der Waals surface area contributed by atoms with Gasteiger partial charge >= 0.3 is 6.18 Å². The molecule has 5 nitrogen and oxygen atoms in total. The van der Waals surface area contributed by atoms with Crippen LogP contribution in [0.2, 0.25) is 0 Å². The molecule has 1 amide bonds. The minimum atomic E-state index is -4.19. The Labute approximate surface area is 200 Å². The molecule has 35 heavy (non-hydrogen) atoms. The molecule has 5 rings (SSSR count). The first-order valence-electron chi connectivity index (χ1n) is 11.4. The number of aryl methyl sites for hydroxylation is 1. The second kappa shape index (κ2) is 8.73. The van der Waals surface area contributed by atoms with Crippen LogP contribution in [0.1, 0.15) is 42.4 Å². The Hall–Kier alpha value is -3.86. The standard InChI is InChI=1S/C27H22F3N3O2/c28-27(29,30)9-2-12-35-20-6-7-23-19(13-20)8-10-26(23)15-21(22(16-31)25(34)33-26)18-5-4-17-3-1-11-32-24(17)14-18/h1,3-7,11,13-14H,2,8-10,12,15H2,(H,33,34)/t26-/m0/s1. The Morgan fingerprint density at radius 2 is 2.03 bits per heavy atom. The molecule has 0 radical (unpaired) electrons. The van der Waals surface area contributed by atoms with Crippen LogP contribution < -0.4 is 10.1 Å². The Morgan fingerprint density at radius 3 is 2.83 bits per heavy atom. The molecule has 0 unspecified atom stereocenters. The van der Waals surface area contributed by atoms with Crippen molar-refractivity contribution >= 4 is 22.4 Å². The molecule has 3 aromatic rings. The van der Waals surface area contributed by atoms with E-state index in [0.717, 1.165) is 27.6 Å². The van der Waals surface area contributed by atoms with Crippen LogP contribution in [-0.2, 0) is 16.8 Å². The van der Waals surface area contributed by atoms with Crippen molar-refractivity contribution in [1.82, 2.24) is 10.3 Å². The van der Waals surface area contributed by atoms with Crippen molar-refractivity contribution < 1.29 is 22.7 Å². The number of amides is 1. The van der Waals surface area contributed by atoms with Gasteiger partial charge in [-0.05, 0) is 65.8 Å². The molecule has 1 aromatic heterocycles. The molecule has 1 N–H and O–H groups in total. The molecule has 2 heterocycles. The van der Waals surface area contributed by atoms with Crippen LogP contribution in [-0.4, -0.2) is 23.7 Å². The number of hydrogen-bond donors (Lipinski definition) is 1. The highest BCUT2D eigenvalue weighted by atomic mass is 19.4. The van der Waals surface area contributed by atoms with Crippen LogP contribution in [0.3, 0.4) is 0 Å². The molecule has 1 atom stereocenters. The summed E-state index contributed by atoms with van der Waals surface area (Å²) in [5.41, 5.74) is 3.64. The van der Waals surface area contributed by atoms with E-state index < -0.39 is 24.0 Å². The van der Waals surface area contributed by atoms with Crippen LogP contribution in [0.25, 0.3) is 16.5 Å². The number of rotatable bonds is 5. The Bertz CT molecular complexity index is 1390. The Kier molecular flexibility index (Phi) is 5.72. The van der Waals surface area contributed by atoms with Crippen LogP contribution in [0.15, 0.2) is 60.3 Å². The zero-order chi connectivity index (χ0) is 24.6. The van der Waals surface area contributed by atoms with Crippen molar-refractivity contribution in [3.8, 4) is 11.8 Å². The fourth-order valence-electron chi connectivity index (χ4n) is 5.06. The molecule has 0 fully saturated rings. The number of pyridine rings is 1. The number of hydrogen-bond acceptors (Lipinski definition) is 4. The van der Waals surface area contributed by atoms with Gasteiger partial charge in [-0.15, -0.1) is 0 Å². The molecule has 8 heteroatoms. The van der Waals surface area contributed by atoms with E-state index in [2.05, 4.69) is 16.4 Å². The van der Waals surface area contributed by atoms with Crippen molar-refractivity contribution in [2.45, 2.75) is 43.8 Å². The summed E-state index contributed by atoms with van der Waals surface area (Å²) in [6.45, 7) is -0.0193. The lowest BCUT2D eigenvalue weighted by atomic mass is 9.78. The maximum atomic E-state index is 13.0. The highest BCUT2D eigenvalue weighted by Crippen LogP contribution is 2.47. The minimum Gasteiger partial charge on any atom is -0.494 e. The van der Waals surface area contributed by atoms with Gasteiger partial charge in [0.1, 0.15) is 17.4 Å². The molecule has 2 aliphatic rings. The molecule has 2 aromatic carbocycles. The van der Waals surface area contributed by atoms with Crippen LogP contribution in [0.5, 0.6) is 5.75 Å². The number of halogens is 3. The van der Waals surface area contributed by atoms with Gasteiger partial charge in [0.2, 0.25) is 0 Å². The number of alkyl halides is 3. The van der Waals surface area contributed by atoms with Gasteiger partial charge in [0.05, 0.1) is 17.7 Å². The summed E-state index contributed by atoms with van der Waals surface area (Å²) >= 11 is 0. The monoisotopic (exact) mass is 477 g/mol. The van der Waals surface area contributed by atoms with Gasteiger partial charge in [-0.3, -0.25) is 9.78 Å². The molecule has 178 valence electrons. The quantitative estimate of drug-likeness (QED) is 0.486. The topological polar surface area (TPSA) is 75.0 Å². The van der Waals surface area contributed by atoms with Gasteiger partial charge in [-0.1, -0.05) is 24.3 Å². The fourth-order valence-corrected chi connectivity index (χ4v) is 5.06. The third-order valence-corrected chi connectivity index (χ3v) is 6.71. The summed E-state index contributed by atoms with van der Waals surface area (Å²) in [5, 5.41) is 13.8. The van der Waals surface area contributed by atoms with E-state index in [-0.39, 0.29) is 18.6 Å². The zero-order valence-corrected chi connectivity index (χ0v) is 18.8. The van der Waals surface area contributed by atoms with Crippen molar-refractivity contribution in [3.63, 3.8) is 0 Å². The lowest BCUT2D eigenvalue weighted by molar-refractivity contribution is -0.136. The van der Waals surface area contributed by atoms with Gasteiger partial charge in [-0.2, -0.15) is 18.4 Å². The smallest absolute Gasteiger partial charge is 0.389 e. The fraction of sp³-hybridized carbons (Fsp3) is 0.296. The Morgan fingerprint density at radius 1 is 1.17 bits per heavy atom.